The average molecular weight is 310 g/mol. The van der Waals surface area contributed by atoms with Crippen LogP contribution in [0.5, 0.6) is 5.75 Å². The maximum absolute atomic E-state index is 12.3. The van der Waals surface area contributed by atoms with Crippen LogP contribution in [0.2, 0.25) is 0 Å². The van der Waals surface area contributed by atoms with E-state index in [0.29, 0.717) is 12.1 Å². The van der Waals surface area contributed by atoms with Gasteiger partial charge < -0.3 is 10.5 Å². The molecule has 7 nitrogen and oxygen atoms in total. The molecule has 0 spiro atoms. The minimum atomic E-state index is -3.65. The number of aromatic nitrogens is 2. The largest absolute Gasteiger partial charge is 0.495 e. The van der Waals surface area contributed by atoms with Crippen LogP contribution in [0.3, 0.4) is 0 Å². The van der Waals surface area contributed by atoms with Gasteiger partial charge in [0.05, 0.1) is 12.8 Å². The molecule has 0 fully saturated rings. The lowest BCUT2D eigenvalue weighted by Crippen LogP contribution is -2.26. The van der Waals surface area contributed by atoms with Crippen molar-refractivity contribution < 1.29 is 13.2 Å². The van der Waals surface area contributed by atoms with Crippen molar-refractivity contribution in [2.24, 2.45) is 7.05 Å². The lowest BCUT2D eigenvalue weighted by Gasteiger charge is -2.11. The number of anilines is 1. The number of aryl methyl sites for hydroxylation is 1. The molecule has 0 aliphatic rings. The second-order valence-electron chi connectivity index (χ2n) is 4.54. The Labute approximate surface area is 123 Å². The van der Waals surface area contributed by atoms with Gasteiger partial charge in [0.1, 0.15) is 10.6 Å². The normalized spacial score (nSPS) is 11.5. The molecule has 0 aliphatic heterocycles. The van der Waals surface area contributed by atoms with Crippen LogP contribution < -0.4 is 15.2 Å². The Morgan fingerprint density at radius 2 is 2.14 bits per heavy atom. The van der Waals surface area contributed by atoms with Crippen LogP contribution in [0, 0.1) is 0 Å². The summed E-state index contributed by atoms with van der Waals surface area (Å²) >= 11 is 0. The molecule has 0 bridgehead atoms. The lowest BCUT2D eigenvalue weighted by atomic mass is 10.3. The number of hydrogen-bond acceptors (Lipinski definition) is 5. The molecule has 2 rings (SSSR count). The monoisotopic (exact) mass is 310 g/mol. The predicted octanol–water partition coefficient (Wildman–Crippen LogP) is 0.532. The van der Waals surface area contributed by atoms with E-state index in [4.69, 9.17) is 10.5 Å². The molecule has 1 heterocycles. The molecule has 0 radical (unpaired) electrons. The Morgan fingerprint density at radius 1 is 1.38 bits per heavy atom. The summed E-state index contributed by atoms with van der Waals surface area (Å²) in [6.07, 6.45) is 2.32. The highest BCUT2D eigenvalue weighted by molar-refractivity contribution is 7.89. The third-order valence-electron chi connectivity index (χ3n) is 2.92. The number of nitrogen functional groups attached to an aromatic ring is 1. The second kappa shape index (κ2) is 6.15. The van der Waals surface area contributed by atoms with Gasteiger partial charge in [0.2, 0.25) is 10.0 Å². The lowest BCUT2D eigenvalue weighted by molar-refractivity contribution is 0.402. The first-order chi connectivity index (χ1) is 9.92. The number of nitrogens with two attached hydrogens (primary N) is 1. The van der Waals surface area contributed by atoms with E-state index in [1.165, 1.54) is 25.3 Å². The zero-order chi connectivity index (χ0) is 15.5. The number of methoxy groups -OCH3 is 1. The van der Waals surface area contributed by atoms with Crippen LogP contribution in [0.15, 0.2) is 35.4 Å². The summed E-state index contributed by atoms with van der Waals surface area (Å²) in [6, 6.07) is 6.28. The summed E-state index contributed by atoms with van der Waals surface area (Å²) in [5.74, 6) is 0.223. The van der Waals surface area contributed by atoms with Gasteiger partial charge in [0.25, 0.3) is 0 Å². The maximum Gasteiger partial charge on any atom is 0.244 e. The first kappa shape index (κ1) is 15.3. The van der Waals surface area contributed by atoms with Crippen molar-refractivity contribution in [2.75, 3.05) is 19.4 Å². The molecule has 0 amide bonds. The van der Waals surface area contributed by atoms with Crippen LogP contribution in [0.1, 0.15) is 5.69 Å². The van der Waals surface area contributed by atoms with Crippen LogP contribution >= 0.6 is 0 Å². The standard InChI is InChI=1S/C13H18N4O3S/c1-17-8-6-11(16-17)5-7-15-21(18,19)13-4-3-10(14)9-12(13)20-2/h3-4,6,8-9,15H,5,7,14H2,1-2H3. The fourth-order valence-corrected chi connectivity index (χ4v) is 3.07. The summed E-state index contributed by atoms with van der Waals surface area (Å²) in [5.41, 5.74) is 6.89. The Bertz CT molecular complexity index is 725. The molecular formula is C13H18N4O3S. The van der Waals surface area contributed by atoms with Crippen LogP contribution in [0.4, 0.5) is 5.69 Å². The van der Waals surface area contributed by atoms with Gasteiger partial charge in [-0.2, -0.15) is 5.10 Å². The molecule has 1 aromatic heterocycles. The Kier molecular flexibility index (Phi) is 4.49. The molecule has 21 heavy (non-hydrogen) atoms. The van der Waals surface area contributed by atoms with Crippen molar-refractivity contribution in [3.8, 4) is 5.75 Å². The van der Waals surface area contributed by atoms with Gasteiger partial charge in [-0.05, 0) is 18.2 Å². The highest BCUT2D eigenvalue weighted by Crippen LogP contribution is 2.25. The van der Waals surface area contributed by atoms with E-state index < -0.39 is 10.0 Å². The van der Waals surface area contributed by atoms with Crippen molar-refractivity contribution in [1.29, 1.82) is 0 Å². The van der Waals surface area contributed by atoms with E-state index >= 15 is 0 Å². The van der Waals surface area contributed by atoms with Gasteiger partial charge in [-0.25, -0.2) is 13.1 Å². The van der Waals surface area contributed by atoms with E-state index in [1.54, 1.807) is 4.68 Å². The quantitative estimate of drug-likeness (QED) is 0.758. The highest BCUT2D eigenvalue weighted by atomic mass is 32.2. The first-order valence-electron chi connectivity index (χ1n) is 6.34. The third-order valence-corrected chi connectivity index (χ3v) is 4.42. The third kappa shape index (κ3) is 3.73. The van der Waals surface area contributed by atoms with Gasteiger partial charge in [-0.1, -0.05) is 0 Å². The molecule has 0 atom stereocenters. The predicted molar refractivity (Wildman–Crippen MR) is 79.5 cm³/mol. The molecule has 0 unspecified atom stereocenters. The van der Waals surface area contributed by atoms with E-state index in [0.717, 1.165) is 5.69 Å². The Balaban J connectivity index is 2.08. The minimum Gasteiger partial charge on any atom is -0.495 e. The summed E-state index contributed by atoms with van der Waals surface area (Å²) in [4.78, 5) is 0.0696. The number of nitrogens with one attached hydrogen (secondary N) is 1. The number of hydrogen-bond donors (Lipinski definition) is 2. The maximum atomic E-state index is 12.3. The molecule has 0 saturated carbocycles. The minimum absolute atomic E-state index is 0.0696. The molecule has 1 aromatic carbocycles. The van der Waals surface area contributed by atoms with Crippen LogP contribution in [-0.4, -0.2) is 31.9 Å². The molecular weight excluding hydrogens is 292 g/mol. The first-order valence-corrected chi connectivity index (χ1v) is 7.82. The highest BCUT2D eigenvalue weighted by Gasteiger charge is 2.19. The fourth-order valence-electron chi connectivity index (χ4n) is 1.89. The zero-order valence-electron chi connectivity index (χ0n) is 11.9. The average Bonchev–Trinajstić information content (AvgIpc) is 2.83. The van der Waals surface area contributed by atoms with Crippen molar-refractivity contribution in [2.45, 2.75) is 11.3 Å². The molecule has 8 heteroatoms. The van der Waals surface area contributed by atoms with E-state index in [-0.39, 0.29) is 17.2 Å². The number of benzene rings is 1. The smallest absolute Gasteiger partial charge is 0.244 e. The molecule has 3 N–H and O–H groups in total. The number of rotatable bonds is 6. The van der Waals surface area contributed by atoms with Gasteiger partial charge >= 0.3 is 0 Å². The zero-order valence-corrected chi connectivity index (χ0v) is 12.7. The molecule has 0 saturated heterocycles. The Hall–Kier alpha value is -2.06. The van der Waals surface area contributed by atoms with Gasteiger partial charge in [-0.15, -0.1) is 0 Å². The van der Waals surface area contributed by atoms with E-state index in [9.17, 15) is 8.42 Å². The number of ether oxygens (including phenoxy) is 1. The SMILES string of the molecule is COc1cc(N)ccc1S(=O)(=O)NCCc1ccn(C)n1. The topological polar surface area (TPSA) is 99.2 Å². The summed E-state index contributed by atoms with van der Waals surface area (Å²) in [5, 5.41) is 4.19. The summed E-state index contributed by atoms with van der Waals surface area (Å²) < 4.78 is 33.8. The molecule has 0 aliphatic carbocycles. The van der Waals surface area contributed by atoms with E-state index in [2.05, 4.69) is 9.82 Å². The van der Waals surface area contributed by atoms with Crippen LogP contribution in [0.25, 0.3) is 0 Å². The van der Waals surface area contributed by atoms with Gasteiger partial charge in [0.15, 0.2) is 0 Å². The van der Waals surface area contributed by atoms with Gasteiger partial charge in [0, 0.05) is 38.0 Å². The van der Waals surface area contributed by atoms with Crippen molar-refractivity contribution in [3.05, 3.63) is 36.2 Å². The summed E-state index contributed by atoms with van der Waals surface area (Å²) in [7, 11) is -0.431. The van der Waals surface area contributed by atoms with Crippen molar-refractivity contribution in [1.82, 2.24) is 14.5 Å². The number of nitrogens with zero attached hydrogens (tertiary/aromatic N) is 2. The summed E-state index contributed by atoms with van der Waals surface area (Å²) in [6.45, 7) is 0.257. The molecule has 2 aromatic rings. The fraction of sp³-hybridized carbons (Fsp3) is 0.308. The van der Waals surface area contributed by atoms with Crippen LogP contribution in [-0.2, 0) is 23.5 Å². The Morgan fingerprint density at radius 3 is 2.76 bits per heavy atom. The van der Waals surface area contributed by atoms with Crippen molar-refractivity contribution in [3.63, 3.8) is 0 Å². The van der Waals surface area contributed by atoms with Gasteiger partial charge in [-0.3, -0.25) is 4.68 Å². The van der Waals surface area contributed by atoms with Crippen molar-refractivity contribution >= 4 is 15.7 Å². The molecule has 114 valence electrons. The number of sulfonamides is 1. The second-order valence-corrected chi connectivity index (χ2v) is 6.27. The van der Waals surface area contributed by atoms with E-state index in [1.807, 2.05) is 19.3 Å².